The molecule has 0 heterocycles. The van der Waals surface area contributed by atoms with Gasteiger partial charge in [-0.15, -0.1) is 12.4 Å². The van der Waals surface area contributed by atoms with Gasteiger partial charge in [-0.1, -0.05) is 33.0 Å². The van der Waals surface area contributed by atoms with Crippen LogP contribution in [0.3, 0.4) is 0 Å². The van der Waals surface area contributed by atoms with Gasteiger partial charge in [-0.25, -0.2) is 0 Å². The van der Waals surface area contributed by atoms with Crippen LogP contribution in [0.5, 0.6) is 0 Å². The molecule has 0 rings (SSSR count). The van der Waals surface area contributed by atoms with Gasteiger partial charge in [0.05, 0.1) is 0 Å². The molecule has 0 saturated heterocycles. The molecule has 0 fully saturated rings. The molecule has 0 amide bonds. The number of nitrogens with zero attached hydrogens (tertiary/aromatic N) is 1. The smallest absolute Gasteiger partial charge is 0.195 e. The van der Waals surface area contributed by atoms with Crippen molar-refractivity contribution in [2.45, 2.75) is 39.4 Å². The molecule has 0 aromatic heterocycles. The van der Waals surface area contributed by atoms with Crippen LogP contribution in [0.25, 0.3) is 0 Å². The lowest BCUT2D eigenvalue weighted by molar-refractivity contribution is 0.804. The van der Waals surface area contributed by atoms with Crippen molar-refractivity contribution < 1.29 is 0 Å². The first-order valence-electron chi connectivity index (χ1n) is 5.26. The van der Waals surface area contributed by atoms with E-state index in [9.17, 15) is 0 Å². The monoisotopic (exact) mass is 301 g/mol. The van der Waals surface area contributed by atoms with Crippen molar-refractivity contribution in [3.05, 3.63) is 0 Å². The van der Waals surface area contributed by atoms with Crippen LogP contribution in [-0.4, -0.2) is 25.8 Å². The van der Waals surface area contributed by atoms with Gasteiger partial charge in [-0.05, 0) is 6.42 Å². The Balaban J connectivity index is -0.000000280. The summed E-state index contributed by atoms with van der Waals surface area (Å²) in [5.41, 5.74) is 10.3. The molecule has 17 heavy (non-hydrogen) atoms. The Kier molecular flexibility index (Phi) is 15.4. The highest BCUT2D eigenvalue weighted by molar-refractivity contribution is 7.18. The van der Waals surface area contributed by atoms with Gasteiger partial charge in [0.2, 0.25) is 0 Å². The van der Waals surface area contributed by atoms with E-state index in [-0.39, 0.29) is 24.3 Å². The van der Waals surface area contributed by atoms with Crippen molar-refractivity contribution in [1.82, 2.24) is 5.32 Å². The lowest BCUT2D eigenvalue weighted by atomic mass is 10.3. The molecule has 0 unspecified atom stereocenters. The molecule has 0 bridgehead atoms. The van der Waals surface area contributed by atoms with Gasteiger partial charge in [0.1, 0.15) is 7.38 Å². The summed E-state index contributed by atoms with van der Waals surface area (Å²) < 4.78 is 0. The number of aliphatic imine (C=N–C) groups is 1. The molecule has 0 atom stereocenters. The summed E-state index contributed by atoms with van der Waals surface area (Å²) in [7, 11) is -1.14. The predicted octanol–water partition coefficient (Wildman–Crippen LogP) is 2.07. The summed E-state index contributed by atoms with van der Waals surface area (Å²) in [5, 5.41) is 9.20. The minimum absolute atomic E-state index is 0. The highest BCUT2D eigenvalue weighted by atomic mass is 35.6. The number of nitrogens with two attached hydrogens (primary N) is 2. The molecule has 0 aliphatic carbocycles. The van der Waals surface area contributed by atoms with Crippen LogP contribution in [0.1, 0.15) is 19.8 Å². The molecule has 0 aromatic carbocycles. The third-order valence-electron chi connectivity index (χ3n) is 1.06. The Morgan fingerprint density at radius 2 is 1.76 bits per heavy atom. The van der Waals surface area contributed by atoms with Gasteiger partial charge < -0.3 is 11.5 Å². The van der Waals surface area contributed by atoms with E-state index in [0.29, 0.717) is 6.54 Å². The van der Waals surface area contributed by atoms with E-state index in [0.717, 1.165) is 12.8 Å². The van der Waals surface area contributed by atoms with Gasteiger partial charge in [-0.3, -0.25) is 15.7 Å². The van der Waals surface area contributed by atoms with Crippen LogP contribution in [-0.2, 0) is 0 Å². The molecule has 0 aromatic rings. The van der Waals surface area contributed by atoms with Crippen molar-refractivity contribution in [2.24, 2.45) is 16.5 Å². The SMILES string of the molecule is CCCCN=C(N)NC(=N)N.C[Si](C)(C)Cl.Cl. The van der Waals surface area contributed by atoms with Crippen molar-refractivity contribution in [1.29, 1.82) is 5.41 Å². The summed E-state index contributed by atoms with van der Waals surface area (Å²) in [6, 6.07) is 0. The molecular weight excluding hydrogens is 277 g/mol. The molecule has 104 valence electrons. The quantitative estimate of drug-likeness (QED) is 0.211. The maximum absolute atomic E-state index is 6.81. The van der Waals surface area contributed by atoms with E-state index < -0.39 is 7.38 Å². The van der Waals surface area contributed by atoms with Gasteiger partial charge in [0.15, 0.2) is 11.9 Å². The number of hydrogen-bond acceptors (Lipinski definition) is 2. The van der Waals surface area contributed by atoms with Gasteiger partial charge in [0.25, 0.3) is 0 Å². The fraction of sp³-hybridized carbons (Fsp3) is 0.778. The molecule has 5 nitrogen and oxygen atoms in total. The van der Waals surface area contributed by atoms with E-state index in [1.54, 1.807) is 0 Å². The molecule has 0 aliphatic heterocycles. The number of guanidine groups is 2. The fourth-order valence-corrected chi connectivity index (χ4v) is 0.535. The number of halogens is 2. The van der Waals surface area contributed by atoms with E-state index in [1.807, 2.05) is 0 Å². The zero-order valence-electron chi connectivity index (χ0n) is 11.0. The Morgan fingerprint density at radius 3 is 2.06 bits per heavy atom. The molecule has 0 spiro atoms. The lowest BCUT2D eigenvalue weighted by Gasteiger charge is -2.00. The summed E-state index contributed by atoms with van der Waals surface area (Å²) in [4.78, 5) is 3.92. The van der Waals surface area contributed by atoms with E-state index in [4.69, 9.17) is 28.0 Å². The number of rotatable bonds is 3. The first kappa shape index (κ1) is 21.8. The molecule has 0 radical (unpaired) electrons. The van der Waals surface area contributed by atoms with Crippen molar-refractivity contribution in [2.75, 3.05) is 6.54 Å². The van der Waals surface area contributed by atoms with Crippen LogP contribution < -0.4 is 16.8 Å². The zero-order valence-corrected chi connectivity index (χ0v) is 13.6. The second kappa shape index (κ2) is 12.0. The van der Waals surface area contributed by atoms with E-state index in [1.165, 1.54) is 0 Å². The Bertz CT molecular complexity index is 222. The highest BCUT2D eigenvalue weighted by Crippen LogP contribution is 2.03. The standard InChI is InChI=1S/C6H15N5.C3H9ClSi.ClH/c1-2-3-4-10-6(9)11-5(7)8;1-5(2,3)4;/h2-4H2,1H3,(H6,7,8,9,10,11);1-3H3;1H. The lowest BCUT2D eigenvalue weighted by Crippen LogP contribution is -2.40. The molecule has 0 aliphatic rings. The van der Waals surface area contributed by atoms with Gasteiger partial charge in [0, 0.05) is 6.54 Å². The largest absolute Gasteiger partial charge is 0.370 e. The Hall–Kier alpha value is -0.463. The van der Waals surface area contributed by atoms with Crippen LogP contribution in [0.4, 0.5) is 0 Å². The van der Waals surface area contributed by atoms with Crippen molar-refractivity contribution in [3.8, 4) is 0 Å². The van der Waals surface area contributed by atoms with Crippen LogP contribution in [0.2, 0.25) is 19.6 Å². The number of unbranched alkanes of at least 4 members (excludes halogenated alkanes) is 1. The Labute approximate surface area is 116 Å². The summed E-state index contributed by atoms with van der Waals surface area (Å²) >= 11 is 5.67. The first-order chi connectivity index (χ1) is 7.16. The van der Waals surface area contributed by atoms with Crippen molar-refractivity contribution in [3.63, 3.8) is 0 Å². The van der Waals surface area contributed by atoms with Crippen molar-refractivity contribution >= 4 is 42.8 Å². The number of nitrogens with one attached hydrogen (secondary N) is 2. The zero-order chi connectivity index (χ0) is 13.2. The van der Waals surface area contributed by atoms with Gasteiger partial charge >= 0.3 is 0 Å². The van der Waals surface area contributed by atoms with Gasteiger partial charge in [-0.2, -0.15) is 11.1 Å². The Morgan fingerprint density at radius 1 is 1.35 bits per heavy atom. The third-order valence-corrected chi connectivity index (χ3v) is 1.06. The maximum Gasteiger partial charge on any atom is 0.195 e. The second-order valence-corrected chi connectivity index (χ2v) is 11.8. The van der Waals surface area contributed by atoms with Crippen LogP contribution >= 0.6 is 23.5 Å². The summed E-state index contributed by atoms with van der Waals surface area (Å²) in [6.45, 7) is 9.03. The maximum atomic E-state index is 6.81. The van der Waals surface area contributed by atoms with Crippen LogP contribution in [0.15, 0.2) is 4.99 Å². The molecular formula is C9H25Cl2N5Si. The number of hydrogen-bond donors (Lipinski definition) is 4. The summed E-state index contributed by atoms with van der Waals surface area (Å²) in [5.74, 6) is 0.0358. The molecule has 6 N–H and O–H groups in total. The second-order valence-electron chi connectivity index (χ2n) is 4.23. The average Bonchev–Trinajstić information content (AvgIpc) is 1.99. The molecule has 8 heteroatoms. The third kappa shape index (κ3) is 39.1. The average molecular weight is 302 g/mol. The van der Waals surface area contributed by atoms with Crippen LogP contribution in [0, 0.1) is 5.41 Å². The summed E-state index contributed by atoms with van der Waals surface area (Å²) in [6.07, 6.45) is 2.08. The predicted molar refractivity (Wildman–Crippen MR) is 82.9 cm³/mol. The van der Waals surface area contributed by atoms with E-state index >= 15 is 0 Å². The highest BCUT2D eigenvalue weighted by Gasteiger charge is 2.04. The minimum atomic E-state index is -1.14. The molecule has 0 saturated carbocycles. The normalized spacial score (nSPS) is 10.8. The topological polar surface area (TPSA) is 100 Å². The minimum Gasteiger partial charge on any atom is -0.370 e. The van der Waals surface area contributed by atoms with E-state index in [2.05, 4.69) is 36.9 Å². The fourth-order valence-electron chi connectivity index (χ4n) is 0.535. The first-order valence-corrected chi connectivity index (χ1v) is 9.78.